The van der Waals surface area contributed by atoms with Crippen molar-refractivity contribution < 1.29 is 9.59 Å². The van der Waals surface area contributed by atoms with E-state index in [0.29, 0.717) is 0 Å². The fourth-order valence-corrected chi connectivity index (χ4v) is 2.55. The Hall–Kier alpha value is -2.88. The standard InChI is InChI=1S/C19H22N2O.C2H6.CH2O/c1-5-7-8-11-16(6-2)21(15(3)22)19-14-20(4)18-13-10-9-12-17(18)19;2*1-2/h5-14H,1-4H3;1-2H3;1H2/b7-5-,11-8-,16-6+;;. The van der Waals surface area contributed by atoms with Crippen molar-refractivity contribution in [2.24, 2.45) is 7.05 Å². The van der Waals surface area contributed by atoms with Crippen LogP contribution in [0.25, 0.3) is 10.9 Å². The average molecular weight is 354 g/mol. The lowest BCUT2D eigenvalue weighted by atomic mass is 10.2. The molecule has 0 radical (unpaired) electrons. The molecule has 1 heterocycles. The molecular formula is C22H30N2O2. The first-order chi connectivity index (χ1) is 12.6. The van der Waals surface area contributed by atoms with E-state index in [4.69, 9.17) is 4.79 Å². The number of nitrogens with zero attached hydrogens (tertiary/aromatic N) is 2. The van der Waals surface area contributed by atoms with Gasteiger partial charge in [0.1, 0.15) is 6.79 Å². The Balaban J connectivity index is 0.00000146. The van der Waals surface area contributed by atoms with E-state index in [0.717, 1.165) is 22.3 Å². The highest BCUT2D eigenvalue weighted by molar-refractivity contribution is 6.05. The summed E-state index contributed by atoms with van der Waals surface area (Å²) in [4.78, 5) is 22.0. The predicted octanol–water partition coefficient (Wildman–Crippen LogP) is 5.41. The van der Waals surface area contributed by atoms with Crippen molar-refractivity contribution in [3.05, 3.63) is 66.5 Å². The number of amides is 1. The van der Waals surface area contributed by atoms with Crippen molar-refractivity contribution in [3.63, 3.8) is 0 Å². The molecule has 1 amide bonds. The summed E-state index contributed by atoms with van der Waals surface area (Å²) in [6.45, 7) is 11.5. The van der Waals surface area contributed by atoms with Gasteiger partial charge in [0, 0.05) is 36.8 Å². The van der Waals surface area contributed by atoms with Gasteiger partial charge in [-0.2, -0.15) is 0 Å². The Morgan fingerprint density at radius 1 is 1.12 bits per heavy atom. The highest BCUT2D eigenvalue weighted by atomic mass is 16.2. The van der Waals surface area contributed by atoms with Gasteiger partial charge in [0.15, 0.2) is 0 Å². The zero-order valence-electron chi connectivity index (χ0n) is 16.7. The third kappa shape index (κ3) is 5.59. The molecule has 1 aromatic heterocycles. The molecule has 0 saturated carbocycles. The minimum Gasteiger partial charge on any atom is -0.348 e. The van der Waals surface area contributed by atoms with Gasteiger partial charge in [0.05, 0.1) is 5.69 Å². The lowest BCUT2D eigenvalue weighted by molar-refractivity contribution is -0.116. The number of benzene rings is 1. The van der Waals surface area contributed by atoms with Gasteiger partial charge in [0.25, 0.3) is 0 Å². The summed E-state index contributed by atoms with van der Waals surface area (Å²) in [5, 5.41) is 1.07. The van der Waals surface area contributed by atoms with Gasteiger partial charge >= 0.3 is 0 Å². The largest absolute Gasteiger partial charge is 0.348 e. The Morgan fingerprint density at radius 2 is 1.73 bits per heavy atom. The van der Waals surface area contributed by atoms with Crippen molar-refractivity contribution in [1.29, 1.82) is 0 Å². The van der Waals surface area contributed by atoms with E-state index in [1.807, 2.05) is 101 Å². The molecule has 4 nitrogen and oxygen atoms in total. The van der Waals surface area contributed by atoms with Crippen LogP contribution in [0.15, 0.2) is 66.5 Å². The summed E-state index contributed by atoms with van der Waals surface area (Å²) < 4.78 is 2.05. The van der Waals surface area contributed by atoms with E-state index in [1.54, 1.807) is 11.8 Å². The second-order valence-electron chi connectivity index (χ2n) is 5.10. The van der Waals surface area contributed by atoms with Crippen LogP contribution in [0.2, 0.25) is 0 Å². The number of anilines is 1. The summed E-state index contributed by atoms with van der Waals surface area (Å²) in [5.41, 5.74) is 2.88. The Bertz CT molecular complexity index is 783. The van der Waals surface area contributed by atoms with Crippen molar-refractivity contribution in [2.45, 2.75) is 34.6 Å². The van der Waals surface area contributed by atoms with Crippen LogP contribution < -0.4 is 4.90 Å². The maximum atomic E-state index is 12.3. The fourth-order valence-electron chi connectivity index (χ4n) is 2.55. The van der Waals surface area contributed by atoms with Gasteiger partial charge in [-0.3, -0.25) is 9.69 Å². The number of allylic oxidation sites excluding steroid dienone is 5. The molecule has 2 rings (SSSR count). The van der Waals surface area contributed by atoms with Crippen LogP contribution >= 0.6 is 0 Å². The van der Waals surface area contributed by atoms with E-state index in [1.165, 1.54) is 0 Å². The van der Waals surface area contributed by atoms with Crippen LogP contribution in [0.1, 0.15) is 34.6 Å². The van der Waals surface area contributed by atoms with E-state index in [2.05, 4.69) is 6.07 Å². The molecule has 26 heavy (non-hydrogen) atoms. The van der Waals surface area contributed by atoms with Gasteiger partial charge < -0.3 is 9.36 Å². The van der Waals surface area contributed by atoms with Crippen molar-refractivity contribution >= 4 is 29.3 Å². The summed E-state index contributed by atoms with van der Waals surface area (Å²) in [7, 11) is 2.00. The molecule has 4 heteroatoms. The molecule has 0 bridgehead atoms. The first-order valence-electron chi connectivity index (χ1n) is 8.69. The molecule has 0 aliphatic carbocycles. The number of fused-ring (bicyclic) bond motifs is 1. The topological polar surface area (TPSA) is 42.3 Å². The van der Waals surface area contributed by atoms with Crippen molar-refractivity contribution in [1.82, 2.24) is 4.57 Å². The number of carbonyl (C=O) groups excluding carboxylic acids is 2. The summed E-state index contributed by atoms with van der Waals surface area (Å²) >= 11 is 0. The van der Waals surface area contributed by atoms with E-state index < -0.39 is 0 Å². The monoisotopic (exact) mass is 354 g/mol. The first-order valence-corrected chi connectivity index (χ1v) is 8.69. The molecule has 0 N–H and O–H groups in total. The quantitative estimate of drug-likeness (QED) is 0.689. The third-order valence-electron chi connectivity index (χ3n) is 3.56. The van der Waals surface area contributed by atoms with Gasteiger partial charge in [-0.1, -0.05) is 56.4 Å². The molecule has 0 atom stereocenters. The van der Waals surface area contributed by atoms with Crippen LogP contribution in [0.5, 0.6) is 0 Å². The summed E-state index contributed by atoms with van der Waals surface area (Å²) in [6.07, 6.45) is 11.7. The summed E-state index contributed by atoms with van der Waals surface area (Å²) in [5.74, 6) is -0.00502. The normalized spacial score (nSPS) is 11.1. The van der Waals surface area contributed by atoms with Gasteiger partial charge in [0.2, 0.25) is 5.91 Å². The highest BCUT2D eigenvalue weighted by Gasteiger charge is 2.19. The Morgan fingerprint density at radius 3 is 2.27 bits per heavy atom. The molecule has 0 saturated heterocycles. The zero-order valence-corrected chi connectivity index (χ0v) is 16.7. The van der Waals surface area contributed by atoms with Crippen LogP contribution in [0.4, 0.5) is 5.69 Å². The molecule has 0 spiro atoms. The SMILES string of the molecule is C=O.CC.C\C=C/C=C\C(=C/C)N(C(C)=O)c1cn(C)c2ccccc12. The van der Waals surface area contributed by atoms with Crippen LogP contribution in [0.3, 0.4) is 0 Å². The van der Waals surface area contributed by atoms with Crippen LogP contribution in [0, 0.1) is 0 Å². The van der Waals surface area contributed by atoms with Gasteiger partial charge in [-0.25, -0.2) is 0 Å². The smallest absolute Gasteiger partial charge is 0.228 e. The number of rotatable bonds is 4. The van der Waals surface area contributed by atoms with Gasteiger partial charge in [-0.05, 0) is 26.0 Å². The zero-order chi connectivity index (χ0) is 20.1. The molecule has 2 aromatic rings. The summed E-state index contributed by atoms with van der Waals surface area (Å²) in [6, 6.07) is 8.10. The fraction of sp³-hybridized carbons (Fsp3) is 0.273. The molecule has 0 fully saturated rings. The second kappa shape index (κ2) is 12.5. The first kappa shape index (κ1) is 23.1. The number of para-hydroxylation sites is 1. The number of hydrogen-bond acceptors (Lipinski definition) is 2. The van der Waals surface area contributed by atoms with Crippen molar-refractivity contribution in [2.75, 3.05) is 4.90 Å². The second-order valence-corrected chi connectivity index (χ2v) is 5.10. The maximum Gasteiger partial charge on any atom is 0.228 e. The average Bonchev–Trinajstić information content (AvgIpc) is 3.00. The molecular weight excluding hydrogens is 324 g/mol. The number of hydrogen-bond donors (Lipinski definition) is 0. The van der Waals surface area contributed by atoms with Crippen molar-refractivity contribution in [3.8, 4) is 0 Å². The molecule has 1 aromatic carbocycles. The van der Waals surface area contributed by atoms with Crippen LogP contribution in [-0.2, 0) is 16.6 Å². The third-order valence-corrected chi connectivity index (χ3v) is 3.56. The lowest BCUT2D eigenvalue weighted by Crippen LogP contribution is -2.26. The molecule has 140 valence electrons. The van der Waals surface area contributed by atoms with E-state index in [-0.39, 0.29) is 5.91 Å². The molecule has 0 aliphatic heterocycles. The Labute approximate surface area is 157 Å². The minimum atomic E-state index is -0.00502. The van der Waals surface area contributed by atoms with Gasteiger partial charge in [-0.15, -0.1) is 0 Å². The molecule has 0 aliphatic rings. The number of aromatic nitrogens is 1. The number of aryl methyl sites for hydroxylation is 1. The van der Waals surface area contributed by atoms with E-state index >= 15 is 0 Å². The Kier molecular flexibility index (Phi) is 11.1. The number of carbonyl (C=O) groups is 2. The maximum absolute atomic E-state index is 12.3. The lowest BCUT2D eigenvalue weighted by Gasteiger charge is -2.21. The van der Waals surface area contributed by atoms with E-state index in [9.17, 15) is 4.79 Å². The predicted molar refractivity (Wildman–Crippen MR) is 112 cm³/mol. The molecule has 0 unspecified atom stereocenters. The highest BCUT2D eigenvalue weighted by Crippen LogP contribution is 2.31. The minimum absolute atomic E-state index is 0.00502. The van der Waals surface area contributed by atoms with Crippen LogP contribution in [-0.4, -0.2) is 17.3 Å².